The Bertz CT molecular complexity index is 387. The standard InChI is InChI=1S/C9H10IN3O2/c1-9(2,13(14)15)12-11-8-5-3-7(10)4-6-8/h3-6H,1-2H3. The highest BCUT2D eigenvalue weighted by atomic mass is 127. The van der Waals surface area contributed by atoms with Crippen molar-refractivity contribution >= 4 is 28.3 Å². The number of rotatable bonds is 3. The van der Waals surface area contributed by atoms with Crippen LogP contribution in [0.25, 0.3) is 0 Å². The van der Waals surface area contributed by atoms with Gasteiger partial charge in [0.15, 0.2) is 0 Å². The van der Waals surface area contributed by atoms with E-state index in [-0.39, 0.29) is 0 Å². The minimum atomic E-state index is -1.37. The van der Waals surface area contributed by atoms with Crippen LogP contribution in [0.4, 0.5) is 5.69 Å². The number of benzene rings is 1. The van der Waals surface area contributed by atoms with Gasteiger partial charge in [0.1, 0.15) is 0 Å². The molecular weight excluding hydrogens is 309 g/mol. The maximum Gasteiger partial charge on any atom is 0.324 e. The second-order valence-electron chi connectivity index (χ2n) is 3.43. The molecule has 0 N–H and O–H groups in total. The minimum absolute atomic E-state index is 0.469. The third-order valence-electron chi connectivity index (χ3n) is 1.68. The van der Waals surface area contributed by atoms with Crippen molar-refractivity contribution in [1.29, 1.82) is 0 Å². The van der Waals surface area contributed by atoms with Crippen LogP contribution in [0.15, 0.2) is 34.5 Å². The van der Waals surface area contributed by atoms with E-state index in [4.69, 9.17) is 0 Å². The predicted molar refractivity (Wildman–Crippen MR) is 64.7 cm³/mol. The lowest BCUT2D eigenvalue weighted by molar-refractivity contribution is -0.559. The van der Waals surface area contributed by atoms with Gasteiger partial charge in [-0.3, -0.25) is 10.1 Å². The lowest BCUT2D eigenvalue weighted by atomic mass is 10.3. The van der Waals surface area contributed by atoms with Crippen molar-refractivity contribution in [3.63, 3.8) is 0 Å². The highest BCUT2D eigenvalue weighted by Crippen LogP contribution is 2.18. The molecule has 5 nitrogen and oxygen atoms in total. The van der Waals surface area contributed by atoms with Gasteiger partial charge in [-0.1, -0.05) is 0 Å². The molecule has 80 valence electrons. The molecule has 0 atom stereocenters. The first-order chi connectivity index (χ1) is 6.92. The van der Waals surface area contributed by atoms with E-state index in [2.05, 4.69) is 32.8 Å². The Hall–Kier alpha value is -1.05. The van der Waals surface area contributed by atoms with E-state index in [1.807, 2.05) is 12.1 Å². The Morgan fingerprint density at radius 1 is 1.33 bits per heavy atom. The number of hydrogen-bond donors (Lipinski definition) is 0. The average molecular weight is 319 g/mol. The zero-order valence-electron chi connectivity index (χ0n) is 8.35. The van der Waals surface area contributed by atoms with Gasteiger partial charge in [-0.25, -0.2) is 0 Å². The van der Waals surface area contributed by atoms with Crippen molar-refractivity contribution in [3.05, 3.63) is 37.9 Å². The summed E-state index contributed by atoms with van der Waals surface area (Å²) in [5.41, 5.74) is -0.756. The van der Waals surface area contributed by atoms with Crippen molar-refractivity contribution < 1.29 is 4.92 Å². The maximum atomic E-state index is 10.5. The van der Waals surface area contributed by atoms with Crippen LogP contribution < -0.4 is 0 Å². The zero-order valence-corrected chi connectivity index (χ0v) is 10.5. The molecule has 6 heteroatoms. The fourth-order valence-electron chi connectivity index (χ4n) is 0.724. The molecule has 0 radical (unpaired) electrons. The Morgan fingerprint density at radius 2 is 1.87 bits per heavy atom. The second-order valence-corrected chi connectivity index (χ2v) is 4.67. The molecule has 0 spiro atoms. The number of hydrogen-bond acceptors (Lipinski definition) is 4. The Balaban J connectivity index is 2.82. The molecule has 0 saturated heterocycles. The molecule has 0 heterocycles. The summed E-state index contributed by atoms with van der Waals surface area (Å²) in [7, 11) is 0. The van der Waals surface area contributed by atoms with E-state index in [1.54, 1.807) is 12.1 Å². The highest BCUT2D eigenvalue weighted by molar-refractivity contribution is 14.1. The summed E-state index contributed by atoms with van der Waals surface area (Å²) < 4.78 is 1.08. The van der Waals surface area contributed by atoms with Crippen molar-refractivity contribution in [1.82, 2.24) is 0 Å². The first-order valence-electron chi connectivity index (χ1n) is 4.25. The van der Waals surface area contributed by atoms with E-state index in [0.29, 0.717) is 5.69 Å². The van der Waals surface area contributed by atoms with Crippen molar-refractivity contribution in [3.8, 4) is 0 Å². The molecular formula is C9H10IN3O2. The van der Waals surface area contributed by atoms with Gasteiger partial charge in [0.05, 0.1) is 10.6 Å². The smallest absolute Gasteiger partial charge is 0.262 e. The third kappa shape index (κ3) is 3.54. The fourth-order valence-corrected chi connectivity index (χ4v) is 1.08. The first-order valence-corrected chi connectivity index (χ1v) is 5.33. The van der Waals surface area contributed by atoms with Crippen LogP contribution in [0.1, 0.15) is 13.8 Å². The number of nitro groups is 1. The molecule has 1 rings (SSSR count). The summed E-state index contributed by atoms with van der Waals surface area (Å²) in [5.74, 6) is 0. The largest absolute Gasteiger partial charge is 0.324 e. The van der Waals surface area contributed by atoms with Crippen LogP contribution >= 0.6 is 22.6 Å². The SMILES string of the molecule is CC(C)(N=Nc1ccc(I)cc1)[N+](=O)[O-]. The quantitative estimate of drug-likeness (QED) is 0.371. The van der Waals surface area contributed by atoms with Gasteiger partial charge in [0, 0.05) is 17.4 Å². The van der Waals surface area contributed by atoms with E-state index in [1.165, 1.54) is 13.8 Å². The predicted octanol–water partition coefficient (Wildman–Crippen LogP) is 3.39. The summed E-state index contributed by atoms with van der Waals surface area (Å²) in [4.78, 5) is 10.1. The molecule has 0 bridgehead atoms. The lowest BCUT2D eigenvalue weighted by Crippen LogP contribution is -2.27. The van der Waals surface area contributed by atoms with Crippen molar-refractivity contribution in [2.45, 2.75) is 19.5 Å². The minimum Gasteiger partial charge on any atom is -0.262 e. The second kappa shape index (κ2) is 4.65. The van der Waals surface area contributed by atoms with Crippen LogP contribution in [0, 0.1) is 13.7 Å². The van der Waals surface area contributed by atoms with Crippen molar-refractivity contribution in [2.75, 3.05) is 0 Å². The van der Waals surface area contributed by atoms with Gasteiger partial charge in [-0.15, -0.1) is 10.2 Å². The first kappa shape index (κ1) is 12.0. The van der Waals surface area contributed by atoms with Crippen LogP contribution in [0.3, 0.4) is 0 Å². The maximum absolute atomic E-state index is 10.5. The van der Waals surface area contributed by atoms with Gasteiger partial charge < -0.3 is 0 Å². The fraction of sp³-hybridized carbons (Fsp3) is 0.333. The molecule has 0 saturated carbocycles. The summed E-state index contributed by atoms with van der Waals surface area (Å²) in [6, 6.07) is 7.27. The van der Waals surface area contributed by atoms with Gasteiger partial charge in [-0.05, 0) is 46.9 Å². The molecule has 0 aliphatic rings. The molecule has 0 amide bonds. The zero-order chi connectivity index (χ0) is 11.5. The van der Waals surface area contributed by atoms with Gasteiger partial charge in [0.25, 0.3) is 0 Å². The molecule has 1 aromatic carbocycles. The molecule has 0 aliphatic heterocycles. The van der Waals surface area contributed by atoms with E-state index in [9.17, 15) is 10.1 Å². The third-order valence-corrected chi connectivity index (χ3v) is 2.40. The van der Waals surface area contributed by atoms with E-state index in [0.717, 1.165) is 3.57 Å². The van der Waals surface area contributed by atoms with Gasteiger partial charge in [0.2, 0.25) is 0 Å². The average Bonchev–Trinajstić information content (AvgIpc) is 2.17. The van der Waals surface area contributed by atoms with E-state index >= 15 is 0 Å². The molecule has 15 heavy (non-hydrogen) atoms. The normalized spacial score (nSPS) is 11.9. The topological polar surface area (TPSA) is 67.9 Å². The Morgan fingerprint density at radius 3 is 2.33 bits per heavy atom. The van der Waals surface area contributed by atoms with Crippen LogP contribution in [0.2, 0.25) is 0 Å². The van der Waals surface area contributed by atoms with Crippen molar-refractivity contribution in [2.24, 2.45) is 10.2 Å². The summed E-state index contributed by atoms with van der Waals surface area (Å²) in [6.45, 7) is 2.81. The molecule has 0 fully saturated rings. The number of nitrogens with zero attached hydrogens (tertiary/aromatic N) is 3. The molecule has 0 unspecified atom stereocenters. The summed E-state index contributed by atoms with van der Waals surface area (Å²) in [6.07, 6.45) is 0. The molecule has 1 aromatic rings. The monoisotopic (exact) mass is 319 g/mol. The molecule has 0 aromatic heterocycles. The van der Waals surface area contributed by atoms with Crippen LogP contribution in [0.5, 0.6) is 0 Å². The summed E-state index contributed by atoms with van der Waals surface area (Å²) in [5, 5.41) is 18.0. The highest BCUT2D eigenvalue weighted by Gasteiger charge is 2.29. The Labute approximate surface area is 101 Å². The van der Waals surface area contributed by atoms with Gasteiger partial charge >= 0.3 is 5.66 Å². The number of halogens is 1. The van der Waals surface area contributed by atoms with Crippen LogP contribution in [-0.4, -0.2) is 10.6 Å². The summed E-state index contributed by atoms with van der Waals surface area (Å²) >= 11 is 2.17. The number of azo groups is 1. The molecule has 0 aliphatic carbocycles. The Kier molecular flexibility index (Phi) is 3.72. The van der Waals surface area contributed by atoms with Crippen LogP contribution in [-0.2, 0) is 0 Å². The lowest BCUT2D eigenvalue weighted by Gasteiger charge is -2.07. The van der Waals surface area contributed by atoms with Gasteiger partial charge in [-0.2, -0.15) is 0 Å². The van der Waals surface area contributed by atoms with E-state index < -0.39 is 10.6 Å².